The van der Waals surface area contributed by atoms with Crippen molar-refractivity contribution in [3.63, 3.8) is 0 Å². The van der Waals surface area contributed by atoms with Crippen molar-refractivity contribution in [1.29, 1.82) is 0 Å². The Bertz CT molecular complexity index is 610. The minimum absolute atomic E-state index is 0.130. The van der Waals surface area contributed by atoms with Gasteiger partial charge in [0.05, 0.1) is 11.7 Å². The first-order valence-electron chi connectivity index (χ1n) is 7.34. The smallest absolute Gasteiger partial charge is 0.475 e. The number of methoxy groups -OCH3 is 1. The lowest BCUT2D eigenvalue weighted by Crippen LogP contribution is -2.21. The highest BCUT2D eigenvalue weighted by atomic mass is 19.4. The van der Waals surface area contributed by atoms with Gasteiger partial charge in [0.25, 0.3) is 0 Å². The van der Waals surface area contributed by atoms with Crippen LogP contribution in [0.15, 0.2) is 30.3 Å². The summed E-state index contributed by atoms with van der Waals surface area (Å²) in [6, 6.07) is 5.15. The minimum Gasteiger partial charge on any atom is -0.475 e. The molecule has 1 heterocycles. The van der Waals surface area contributed by atoms with E-state index in [4.69, 9.17) is 14.6 Å². The zero-order valence-electron chi connectivity index (χ0n) is 13.6. The van der Waals surface area contributed by atoms with Crippen LogP contribution in [0.4, 0.5) is 26.3 Å². The molecule has 0 aromatic heterocycles. The standard InChI is InChI=1S/C14H16F3NO.C2HF3O2/c1-19-13-9-18-8-11(13)5-2-10-3-6-12(7-4-10)14(15,16)17;3-2(4,5)1(6)7/h2-7,11,13,18H,8-9H2,1H3;(H,6,7). The van der Waals surface area contributed by atoms with Gasteiger partial charge in [0.2, 0.25) is 0 Å². The van der Waals surface area contributed by atoms with Crippen LogP contribution < -0.4 is 5.32 Å². The summed E-state index contributed by atoms with van der Waals surface area (Å²) in [5.41, 5.74) is 0.136. The van der Waals surface area contributed by atoms with Crippen molar-refractivity contribution in [2.24, 2.45) is 5.92 Å². The molecule has 26 heavy (non-hydrogen) atoms. The van der Waals surface area contributed by atoms with Crippen LogP contribution in [-0.2, 0) is 15.7 Å². The topological polar surface area (TPSA) is 58.6 Å². The van der Waals surface area contributed by atoms with Gasteiger partial charge in [-0.3, -0.25) is 0 Å². The number of hydrogen-bond donors (Lipinski definition) is 2. The number of benzene rings is 1. The number of carbonyl (C=O) groups is 1. The van der Waals surface area contributed by atoms with Crippen LogP contribution in [0.25, 0.3) is 6.08 Å². The predicted octanol–water partition coefficient (Wildman–Crippen LogP) is 3.59. The first-order valence-corrected chi connectivity index (χ1v) is 7.34. The number of halogens is 6. The second kappa shape index (κ2) is 9.04. The minimum atomic E-state index is -5.08. The SMILES string of the molecule is COC1CNCC1C=Cc1ccc(C(F)(F)F)cc1.O=C(O)C(F)(F)F. The number of hydrogen-bond acceptors (Lipinski definition) is 3. The van der Waals surface area contributed by atoms with Gasteiger partial charge in [-0.25, -0.2) is 4.79 Å². The van der Waals surface area contributed by atoms with Crippen molar-refractivity contribution in [3.05, 3.63) is 41.5 Å². The Balaban J connectivity index is 0.000000412. The van der Waals surface area contributed by atoms with E-state index in [-0.39, 0.29) is 12.0 Å². The van der Waals surface area contributed by atoms with Crippen LogP contribution >= 0.6 is 0 Å². The summed E-state index contributed by atoms with van der Waals surface area (Å²) in [7, 11) is 1.66. The van der Waals surface area contributed by atoms with E-state index in [9.17, 15) is 26.3 Å². The summed E-state index contributed by atoms with van der Waals surface area (Å²) in [4.78, 5) is 8.90. The molecule has 2 unspecified atom stereocenters. The maximum absolute atomic E-state index is 12.4. The molecule has 2 N–H and O–H groups in total. The second-order valence-electron chi connectivity index (χ2n) is 5.38. The molecule has 0 aliphatic carbocycles. The van der Waals surface area contributed by atoms with Crippen molar-refractivity contribution in [3.8, 4) is 0 Å². The Morgan fingerprint density at radius 3 is 2.12 bits per heavy atom. The molecule has 1 aliphatic rings. The summed E-state index contributed by atoms with van der Waals surface area (Å²) in [5.74, 6) is -2.50. The van der Waals surface area contributed by atoms with Gasteiger partial charge >= 0.3 is 18.3 Å². The molecule has 0 amide bonds. The lowest BCUT2D eigenvalue weighted by atomic mass is 10.0. The van der Waals surface area contributed by atoms with Gasteiger partial charge in [0, 0.05) is 26.1 Å². The number of alkyl halides is 6. The lowest BCUT2D eigenvalue weighted by Gasteiger charge is -2.12. The number of aliphatic carboxylic acids is 1. The third-order valence-corrected chi connectivity index (χ3v) is 3.52. The predicted molar refractivity (Wildman–Crippen MR) is 81.3 cm³/mol. The van der Waals surface area contributed by atoms with Crippen molar-refractivity contribution in [2.75, 3.05) is 20.2 Å². The highest BCUT2D eigenvalue weighted by Crippen LogP contribution is 2.29. The Kier molecular flexibility index (Phi) is 7.64. The fourth-order valence-corrected chi connectivity index (χ4v) is 2.14. The number of ether oxygens (including phenoxy) is 1. The molecule has 0 radical (unpaired) electrons. The Hall–Kier alpha value is -2.07. The summed E-state index contributed by atoms with van der Waals surface area (Å²) in [5, 5.41) is 10.3. The normalized spacial score (nSPS) is 20.7. The van der Waals surface area contributed by atoms with Gasteiger partial charge in [0.15, 0.2) is 0 Å². The molecule has 1 aliphatic heterocycles. The van der Waals surface area contributed by atoms with E-state index in [1.165, 1.54) is 12.1 Å². The van der Waals surface area contributed by atoms with Crippen LogP contribution in [-0.4, -0.2) is 43.6 Å². The maximum atomic E-state index is 12.4. The number of carboxylic acid groups (broad SMARTS) is 1. The van der Waals surface area contributed by atoms with Gasteiger partial charge in [-0.2, -0.15) is 26.3 Å². The van der Waals surface area contributed by atoms with E-state index in [0.29, 0.717) is 0 Å². The quantitative estimate of drug-likeness (QED) is 0.781. The molecule has 1 fully saturated rings. The van der Waals surface area contributed by atoms with Crippen LogP contribution in [0, 0.1) is 5.92 Å². The highest BCUT2D eigenvalue weighted by molar-refractivity contribution is 5.73. The molecule has 0 bridgehead atoms. The summed E-state index contributed by atoms with van der Waals surface area (Å²) >= 11 is 0. The summed E-state index contributed by atoms with van der Waals surface area (Å²) in [6.45, 7) is 1.63. The van der Waals surface area contributed by atoms with Crippen LogP contribution in [0.5, 0.6) is 0 Å². The van der Waals surface area contributed by atoms with Crippen molar-refractivity contribution in [2.45, 2.75) is 18.5 Å². The van der Waals surface area contributed by atoms with Crippen LogP contribution in [0.2, 0.25) is 0 Å². The van der Waals surface area contributed by atoms with Crippen LogP contribution in [0.3, 0.4) is 0 Å². The van der Waals surface area contributed by atoms with E-state index < -0.39 is 23.9 Å². The van der Waals surface area contributed by atoms with E-state index in [2.05, 4.69) is 5.32 Å². The Morgan fingerprint density at radius 2 is 1.69 bits per heavy atom. The Morgan fingerprint density at radius 1 is 1.15 bits per heavy atom. The number of nitrogens with one attached hydrogen (secondary N) is 1. The Labute approximate surface area is 145 Å². The average Bonchev–Trinajstić information content (AvgIpc) is 2.99. The number of carboxylic acids is 1. The molecule has 10 heteroatoms. The first kappa shape index (κ1) is 22.0. The number of rotatable bonds is 3. The van der Waals surface area contributed by atoms with E-state index in [0.717, 1.165) is 30.8 Å². The second-order valence-corrected chi connectivity index (χ2v) is 5.38. The molecular weight excluding hydrogens is 368 g/mol. The van der Waals surface area contributed by atoms with Gasteiger partial charge in [-0.15, -0.1) is 0 Å². The molecule has 4 nitrogen and oxygen atoms in total. The van der Waals surface area contributed by atoms with Crippen molar-refractivity contribution in [1.82, 2.24) is 5.32 Å². The average molecular weight is 385 g/mol. The summed E-state index contributed by atoms with van der Waals surface area (Å²) in [6.07, 6.45) is -5.41. The van der Waals surface area contributed by atoms with Gasteiger partial charge in [-0.05, 0) is 17.7 Å². The monoisotopic (exact) mass is 385 g/mol. The van der Waals surface area contributed by atoms with Crippen LogP contribution in [0.1, 0.15) is 11.1 Å². The van der Waals surface area contributed by atoms with Gasteiger partial charge in [-0.1, -0.05) is 24.3 Å². The summed E-state index contributed by atoms with van der Waals surface area (Å²) < 4.78 is 74.3. The zero-order valence-corrected chi connectivity index (χ0v) is 13.6. The zero-order chi connectivity index (χ0) is 20.0. The fourth-order valence-electron chi connectivity index (χ4n) is 2.14. The highest BCUT2D eigenvalue weighted by Gasteiger charge is 2.38. The molecule has 146 valence electrons. The van der Waals surface area contributed by atoms with Gasteiger partial charge in [0.1, 0.15) is 0 Å². The molecule has 0 saturated carbocycles. The van der Waals surface area contributed by atoms with E-state index >= 15 is 0 Å². The van der Waals surface area contributed by atoms with Gasteiger partial charge < -0.3 is 15.2 Å². The molecule has 1 saturated heterocycles. The van der Waals surface area contributed by atoms with Crippen molar-refractivity contribution >= 4 is 12.0 Å². The van der Waals surface area contributed by atoms with Crippen molar-refractivity contribution < 1.29 is 41.0 Å². The molecular formula is C16H17F6NO3. The third-order valence-electron chi connectivity index (χ3n) is 3.52. The molecule has 2 atom stereocenters. The molecule has 0 spiro atoms. The molecule has 1 aromatic carbocycles. The van der Waals surface area contributed by atoms with E-state index in [1.807, 2.05) is 12.2 Å². The maximum Gasteiger partial charge on any atom is 0.490 e. The largest absolute Gasteiger partial charge is 0.490 e. The fraction of sp³-hybridized carbons (Fsp3) is 0.438. The first-order chi connectivity index (χ1) is 11.9. The molecule has 1 aromatic rings. The third kappa shape index (κ3) is 7.04. The molecule has 2 rings (SSSR count). The van der Waals surface area contributed by atoms with E-state index in [1.54, 1.807) is 7.11 Å². The lowest BCUT2D eigenvalue weighted by molar-refractivity contribution is -0.192.